The van der Waals surface area contributed by atoms with Crippen molar-refractivity contribution in [1.82, 2.24) is 14.4 Å². The van der Waals surface area contributed by atoms with Crippen LogP contribution in [0.15, 0.2) is 6.07 Å². The molecule has 128 valence electrons. The van der Waals surface area contributed by atoms with Crippen LogP contribution >= 0.6 is 0 Å². The monoisotopic (exact) mass is 319 g/mol. The first-order valence-corrected chi connectivity index (χ1v) is 8.34. The maximum absolute atomic E-state index is 12.8. The Balaban J connectivity index is 2.10. The molecular weight excluding hydrogens is 290 g/mol. The minimum Gasteiger partial charge on any atom is -0.351 e. The maximum Gasteiger partial charge on any atom is 0.255 e. The molecule has 1 saturated heterocycles. The molecular formula is C18H29N3O2. The highest BCUT2D eigenvalue weighted by Crippen LogP contribution is 2.20. The number of hydrogen-bond donors (Lipinski definition) is 0. The standard InChI is InChI=1S/C18H29N3O2/c1-13-12-15(14(2)19(13)6)16(22)20-8-7-9-21(11-10-20)17(23)18(3,4)5/h12H,7-11H2,1-6H3. The number of carbonyl (C=O) groups excluding carboxylic acids is 2. The van der Waals surface area contributed by atoms with Crippen LogP contribution in [-0.4, -0.2) is 52.4 Å². The molecule has 0 aliphatic carbocycles. The average Bonchev–Trinajstić information content (AvgIpc) is 2.69. The van der Waals surface area contributed by atoms with E-state index >= 15 is 0 Å². The molecule has 1 aromatic rings. The van der Waals surface area contributed by atoms with Crippen molar-refractivity contribution in [3.05, 3.63) is 23.0 Å². The third-order valence-electron chi connectivity index (χ3n) is 4.72. The molecule has 5 nitrogen and oxygen atoms in total. The van der Waals surface area contributed by atoms with Crippen LogP contribution in [-0.2, 0) is 11.8 Å². The summed E-state index contributed by atoms with van der Waals surface area (Å²) in [6.07, 6.45) is 0.832. The van der Waals surface area contributed by atoms with Gasteiger partial charge in [0.2, 0.25) is 5.91 Å². The lowest BCUT2D eigenvalue weighted by atomic mass is 9.94. The highest BCUT2D eigenvalue weighted by atomic mass is 16.2. The zero-order valence-corrected chi connectivity index (χ0v) is 15.3. The SMILES string of the molecule is Cc1cc(C(=O)N2CCCN(C(=O)C(C)(C)C)CC2)c(C)n1C. The fourth-order valence-electron chi connectivity index (χ4n) is 3.04. The minimum absolute atomic E-state index is 0.0799. The van der Waals surface area contributed by atoms with Crippen molar-refractivity contribution in [1.29, 1.82) is 0 Å². The van der Waals surface area contributed by atoms with E-state index < -0.39 is 0 Å². The molecule has 5 heteroatoms. The van der Waals surface area contributed by atoms with E-state index in [-0.39, 0.29) is 17.2 Å². The molecule has 1 fully saturated rings. The van der Waals surface area contributed by atoms with Crippen LogP contribution in [0.4, 0.5) is 0 Å². The number of hydrogen-bond acceptors (Lipinski definition) is 2. The Hall–Kier alpha value is -1.78. The summed E-state index contributed by atoms with van der Waals surface area (Å²) in [5.41, 5.74) is 2.50. The Labute approximate surface area is 139 Å². The van der Waals surface area contributed by atoms with Gasteiger partial charge in [-0.1, -0.05) is 20.8 Å². The van der Waals surface area contributed by atoms with E-state index in [1.165, 1.54) is 0 Å². The molecule has 1 aliphatic rings. The van der Waals surface area contributed by atoms with Gasteiger partial charge in [0.25, 0.3) is 5.91 Å². The van der Waals surface area contributed by atoms with Crippen molar-refractivity contribution < 1.29 is 9.59 Å². The molecule has 0 bridgehead atoms. The molecule has 0 N–H and O–H groups in total. The normalized spacial score (nSPS) is 16.4. The van der Waals surface area contributed by atoms with Crippen LogP contribution in [0.25, 0.3) is 0 Å². The van der Waals surface area contributed by atoms with Gasteiger partial charge in [0.05, 0.1) is 5.56 Å². The van der Waals surface area contributed by atoms with Crippen molar-refractivity contribution in [3.8, 4) is 0 Å². The summed E-state index contributed by atoms with van der Waals surface area (Å²) in [6.45, 7) is 12.5. The summed E-state index contributed by atoms with van der Waals surface area (Å²) in [4.78, 5) is 29.0. The second kappa shape index (κ2) is 6.38. The van der Waals surface area contributed by atoms with Gasteiger partial charge < -0.3 is 14.4 Å². The fourth-order valence-corrected chi connectivity index (χ4v) is 3.04. The number of carbonyl (C=O) groups is 2. The zero-order valence-electron chi connectivity index (χ0n) is 15.3. The van der Waals surface area contributed by atoms with Gasteiger partial charge in [0, 0.05) is 50.0 Å². The van der Waals surface area contributed by atoms with Gasteiger partial charge in [-0.2, -0.15) is 0 Å². The average molecular weight is 319 g/mol. The first-order chi connectivity index (χ1) is 10.6. The van der Waals surface area contributed by atoms with Gasteiger partial charge in [-0.05, 0) is 26.3 Å². The predicted molar refractivity (Wildman–Crippen MR) is 91.4 cm³/mol. The van der Waals surface area contributed by atoms with Crippen LogP contribution in [0.3, 0.4) is 0 Å². The molecule has 0 radical (unpaired) electrons. The van der Waals surface area contributed by atoms with E-state index in [1.807, 2.05) is 62.1 Å². The molecule has 0 saturated carbocycles. The Morgan fingerprint density at radius 2 is 1.57 bits per heavy atom. The highest BCUT2D eigenvalue weighted by molar-refractivity contribution is 5.95. The van der Waals surface area contributed by atoms with E-state index in [1.54, 1.807) is 0 Å². The molecule has 23 heavy (non-hydrogen) atoms. The largest absolute Gasteiger partial charge is 0.351 e. The van der Waals surface area contributed by atoms with E-state index in [0.717, 1.165) is 29.9 Å². The van der Waals surface area contributed by atoms with Crippen LogP contribution in [0.2, 0.25) is 0 Å². The van der Waals surface area contributed by atoms with Gasteiger partial charge in [-0.25, -0.2) is 0 Å². The number of rotatable bonds is 1. The first-order valence-electron chi connectivity index (χ1n) is 8.34. The second-order valence-corrected chi connectivity index (χ2v) is 7.53. The molecule has 0 unspecified atom stereocenters. The lowest BCUT2D eigenvalue weighted by Gasteiger charge is -2.28. The number of aromatic nitrogens is 1. The molecule has 2 rings (SSSR count). The molecule has 0 spiro atoms. The third kappa shape index (κ3) is 3.59. The van der Waals surface area contributed by atoms with Gasteiger partial charge in [-0.3, -0.25) is 9.59 Å². The molecule has 1 aliphatic heterocycles. The van der Waals surface area contributed by atoms with E-state index in [0.29, 0.717) is 19.6 Å². The van der Waals surface area contributed by atoms with Gasteiger partial charge in [-0.15, -0.1) is 0 Å². The summed E-state index contributed by atoms with van der Waals surface area (Å²) >= 11 is 0. The van der Waals surface area contributed by atoms with E-state index in [4.69, 9.17) is 0 Å². The Morgan fingerprint density at radius 1 is 1.00 bits per heavy atom. The second-order valence-electron chi connectivity index (χ2n) is 7.53. The van der Waals surface area contributed by atoms with Crippen molar-refractivity contribution in [2.45, 2.75) is 41.0 Å². The summed E-state index contributed by atoms with van der Waals surface area (Å²) in [6, 6.07) is 1.96. The summed E-state index contributed by atoms with van der Waals surface area (Å²) < 4.78 is 2.04. The lowest BCUT2D eigenvalue weighted by molar-refractivity contribution is -0.139. The van der Waals surface area contributed by atoms with Crippen molar-refractivity contribution >= 4 is 11.8 Å². The van der Waals surface area contributed by atoms with Crippen LogP contribution in [0.1, 0.15) is 48.9 Å². The van der Waals surface area contributed by atoms with Crippen LogP contribution < -0.4 is 0 Å². The van der Waals surface area contributed by atoms with E-state index in [9.17, 15) is 9.59 Å². The maximum atomic E-state index is 12.8. The quantitative estimate of drug-likeness (QED) is 0.798. The molecule has 2 heterocycles. The molecule has 0 aromatic carbocycles. The fraction of sp³-hybridized carbons (Fsp3) is 0.667. The molecule has 1 aromatic heterocycles. The Kier molecular flexibility index (Phi) is 4.87. The number of aryl methyl sites for hydroxylation is 1. The van der Waals surface area contributed by atoms with Gasteiger partial charge in [0.1, 0.15) is 0 Å². The molecule has 0 atom stereocenters. The van der Waals surface area contributed by atoms with Gasteiger partial charge in [0.15, 0.2) is 0 Å². The summed E-state index contributed by atoms with van der Waals surface area (Å²) in [5.74, 6) is 0.245. The number of amides is 2. The smallest absolute Gasteiger partial charge is 0.255 e. The van der Waals surface area contributed by atoms with Crippen LogP contribution in [0.5, 0.6) is 0 Å². The molecule has 2 amide bonds. The van der Waals surface area contributed by atoms with Crippen molar-refractivity contribution in [2.75, 3.05) is 26.2 Å². The lowest BCUT2D eigenvalue weighted by Crippen LogP contribution is -2.42. The van der Waals surface area contributed by atoms with Crippen LogP contribution in [0, 0.1) is 19.3 Å². The Bertz CT molecular complexity index is 611. The van der Waals surface area contributed by atoms with Gasteiger partial charge >= 0.3 is 0 Å². The Morgan fingerprint density at radius 3 is 2.09 bits per heavy atom. The van der Waals surface area contributed by atoms with Crippen molar-refractivity contribution in [2.24, 2.45) is 12.5 Å². The first kappa shape index (κ1) is 17.6. The summed E-state index contributed by atoms with van der Waals surface area (Å²) in [7, 11) is 1.98. The third-order valence-corrected chi connectivity index (χ3v) is 4.72. The highest BCUT2D eigenvalue weighted by Gasteiger charge is 2.30. The predicted octanol–water partition coefficient (Wildman–Crippen LogP) is 2.36. The topological polar surface area (TPSA) is 45.6 Å². The summed E-state index contributed by atoms with van der Waals surface area (Å²) in [5, 5.41) is 0. The number of nitrogens with zero attached hydrogens (tertiary/aromatic N) is 3. The van der Waals surface area contributed by atoms with Crippen molar-refractivity contribution in [3.63, 3.8) is 0 Å². The van der Waals surface area contributed by atoms with E-state index in [2.05, 4.69) is 0 Å². The minimum atomic E-state index is -0.369. The zero-order chi connectivity index (χ0) is 17.4.